The molecule has 0 amide bonds. The lowest BCUT2D eigenvalue weighted by Crippen LogP contribution is -2.39. The summed E-state index contributed by atoms with van der Waals surface area (Å²) in [4.78, 5) is 13.5. The minimum Gasteiger partial charge on any atom is -0.289 e. The number of allylic oxidation sites excluding steroid dienone is 1. The van der Waals surface area contributed by atoms with Crippen LogP contribution in [0.15, 0.2) is 24.3 Å². The highest BCUT2D eigenvalue weighted by Gasteiger charge is 2.49. The van der Waals surface area contributed by atoms with Crippen LogP contribution in [0.2, 0.25) is 0 Å². The number of aryl methyl sites for hydroxylation is 1. The van der Waals surface area contributed by atoms with E-state index in [9.17, 15) is 4.79 Å². The molecule has 0 heterocycles. The van der Waals surface area contributed by atoms with Gasteiger partial charge in [-0.1, -0.05) is 73.1 Å². The zero-order chi connectivity index (χ0) is 22.3. The van der Waals surface area contributed by atoms with Crippen LogP contribution >= 0.6 is 0 Å². The summed E-state index contributed by atoms with van der Waals surface area (Å²) in [6.45, 7) is 20.8. The van der Waals surface area contributed by atoms with Crippen LogP contribution in [0.4, 0.5) is 0 Å². The second-order valence-electron chi connectivity index (χ2n) is 11.2. The first-order chi connectivity index (χ1) is 14.1. The first-order valence-electron chi connectivity index (χ1n) is 12.5. The van der Waals surface area contributed by atoms with Gasteiger partial charge in [0.05, 0.1) is 0 Å². The van der Waals surface area contributed by atoms with E-state index in [1.54, 1.807) is 0 Å². The Morgan fingerprint density at radius 2 is 1.87 bits per heavy atom. The number of fused-ring (bicyclic) bond motifs is 1. The molecule has 1 aromatic carbocycles. The predicted octanol–water partition coefficient (Wildman–Crippen LogP) is 8.13. The van der Waals surface area contributed by atoms with Crippen LogP contribution in [0, 0.1) is 35.5 Å². The fourth-order valence-electron chi connectivity index (χ4n) is 7.10. The third kappa shape index (κ3) is 3.94. The molecule has 2 aliphatic rings. The van der Waals surface area contributed by atoms with E-state index >= 15 is 0 Å². The maximum Gasteiger partial charge on any atom is 0.189 e. The summed E-state index contributed by atoms with van der Waals surface area (Å²) in [6, 6.07) is 4.48. The third-order valence-electron chi connectivity index (χ3n) is 9.03. The molecule has 1 nitrogen and oxygen atoms in total. The summed E-state index contributed by atoms with van der Waals surface area (Å²) >= 11 is 0. The molecule has 1 saturated carbocycles. The van der Waals surface area contributed by atoms with E-state index in [0.29, 0.717) is 28.6 Å². The Kier molecular flexibility index (Phi) is 6.71. The Balaban J connectivity index is 1.98. The summed E-state index contributed by atoms with van der Waals surface area (Å²) in [5.41, 5.74) is 6.44. The molecule has 3 rings (SSSR count). The quantitative estimate of drug-likeness (QED) is 0.416. The van der Waals surface area contributed by atoms with Crippen LogP contribution in [0.3, 0.4) is 0 Å². The average Bonchev–Trinajstić information content (AvgIpc) is 3.04. The van der Waals surface area contributed by atoms with Crippen molar-refractivity contribution in [1.29, 1.82) is 0 Å². The highest BCUT2D eigenvalue weighted by molar-refractivity contribution is 6.11. The fourth-order valence-corrected chi connectivity index (χ4v) is 7.10. The van der Waals surface area contributed by atoms with Gasteiger partial charge in [-0.15, -0.1) is 0 Å². The summed E-state index contributed by atoms with van der Waals surface area (Å²) < 4.78 is 0. The molecule has 0 radical (unpaired) electrons. The Morgan fingerprint density at radius 3 is 2.40 bits per heavy atom. The second kappa shape index (κ2) is 8.64. The number of ketones is 1. The van der Waals surface area contributed by atoms with E-state index in [4.69, 9.17) is 0 Å². The van der Waals surface area contributed by atoms with Gasteiger partial charge in [-0.05, 0) is 96.3 Å². The Bertz CT molecular complexity index is 814. The van der Waals surface area contributed by atoms with Gasteiger partial charge in [0, 0.05) is 5.56 Å². The van der Waals surface area contributed by atoms with Crippen molar-refractivity contribution >= 4 is 5.78 Å². The summed E-state index contributed by atoms with van der Waals surface area (Å²) in [7, 11) is 0. The van der Waals surface area contributed by atoms with Crippen LogP contribution in [0.1, 0.15) is 107 Å². The van der Waals surface area contributed by atoms with Crippen LogP contribution < -0.4 is 0 Å². The first-order valence-corrected chi connectivity index (χ1v) is 12.5. The van der Waals surface area contributed by atoms with E-state index in [2.05, 4.69) is 67.2 Å². The van der Waals surface area contributed by atoms with E-state index < -0.39 is 0 Å². The van der Waals surface area contributed by atoms with Crippen molar-refractivity contribution in [3.8, 4) is 0 Å². The molecular weight excluding hydrogens is 364 g/mol. The first kappa shape index (κ1) is 23.3. The second-order valence-corrected chi connectivity index (χ2v) is 11.2. The summed E-state index contributed by atoms with van der Waals surface area (Å²) in [5, 5.41) is 0. The van der Waals surface area contributed by atoms with Gasteiger partial charge >= 0.3 is 0 Å². The van der Waals surface area contributed by atoms with Crippen molar-refractivity contribution in [3.63, 3.8) is 0 Å². The highest BCUT2D eigenvalue weighted by Crippen LogP contribution is 2.58. The lowest BCUT2D eigenvalue weighted by atomic mass is 9.59. The van der Waals surface area contributed by atoms with E-state index in [-0.39, 0.29) is 5.78 Å². The molecule has 1 aromatic rings. The van der Waals surface area contributed by atoms with Crippen LogP contribution in [-0.4, -0.2) is 5.78 Å². The van der Waals surface area contributed by atoms with Gasteiger partial charge in [0.1, 0.15) is 0 Å². The number of carbonyl (C=O) groups excluding carboxylic acids is 1. The van der Waals surface area contributed by atoms with E-state index in [0.717, 1.165) is 24.0 Å². The van der Waals surface area contributed by atoms with Crippen molar-refractivity contribution in [3.05, 3.63) is 46.5 Å². The fraction of sp³-hybridized carbons (Fsp3) is 0.690. The topological polar surface area (TPSA) is 17.1 Å². The van der Waals surface area contributed by atoms with Crippen molar-refractivity contribution in [1.82, 2.24) is 0 Å². The summed E-state index contributed by atoms with van der Waals surface area (Å²) in [6.07, 6.45) is 9.58. The van der Waals surface area contributed by atoms with E-state index in [1.165, 1.54) is 55.2 Å². The zero-order valence-corrected chi connectivity index (χ0v) is 20.7. The maximum absolute atomic E-state index is 13.5. The minimum atomic E-state index is 0.222. The lowest BCUT2D eigenvalue weighted by Gasteiger charge is -2.45. The number of carbonyl (C=O) groups is 1. The molecule has 4 atom stereocenters. The minimum absolute atomic E-state index is 0.222. The van der Waals surface area contributed by atoms with Gasteiger partial charge in [0.15, 0.2) is 5.78 Å². The predicted molar refractivity (Wildman–Crippen MR) is 129 cm³/mol. The zero-order valence-electron chi connectivity index (χ0n) is 20.7. The lowest BCUT2D eigenvalue weighted by molar-refractivity contribution is 0.0668. The molecule has 0 N–H and O–H groups in total. The number of benzene rings is 1. The molecule has 1 fully saturated rings. The Hall–Kier alpha value is -1.37. The number of Topliss-reactive ketones (excluding diaryl/α,β-unsaturated/α-hetero) is 1. The normalized spacial score (nSPS) is 27.8. The smallest absolute Gasteiger partial charge is 0.189 e. The molecule has 0 saturated heterocycles. The Morgan fingerprint density at radius 1 is 1.17 bits per heavy atom. The SMILES string of the molecule is C=C1C(=O)c2c(ccc(CC)c2C)CC1C(CCC)C(C)C1(CC)CCC(C)(C)C1. The number of hydrogen-bond acceptors (Lipinski definition) is 1. The number of rotatable bonds is 7. The van der Waals surface area contributed by atoms with Gasteiger partial charge in [-0.3, -0.25) is 4.79 Å². The third-order valence-corrected chi connectivity index (χ3v) is 9.03. The Labute approximate surface area is 185 Å². The van der Waals surface area contributed by atoms with Crippen molar-refractivity contribution < 1.29 is 4.79 Å². The largest absolute Gasteiger partial charge is 0.289 e. The average molecular weight is 409 g/mol. The molecule has 1 heteroatoms. The molecular formula is C29H44O. The van der Waals surface area contributed by atoms with Crippen LogP contribution in [-0.2, 0) is 12.8 Å². The van der Waals surface area contributed by atoms with Gasteiger partial charge in [-0.2, -0.15) is 0 Å². The molecule has 0 spiro atoms. The van der Waals surface area contributed by atoms with Crippen molar-refractivity contribution in [2.75, 3.05) is 0 Å². The van der Waals surface area contributed by atoms with E-state index in [1.807, 2.05) is 0 Å². The molecule has 30 heavy (non-hydrogen) atoms. The maximum atomic E-state index is 13.5. The standard InChI is InChI=1S/C29H44O/c1-9-12-24(21(6)29(11-3)16-15-28(7,8)18-29)25-17-23-14-13-22(10-2)19(4)26(23)27(30)20(25)5/h13-14,21,24-25H,5,9-12,15-18H2,1-4,6-8H3. The molecule has 2 aliphatic carbocycles. The summed E-state index contributed by atoms with van der Waals surface area (Å²) in [5.74, 6) is 1.68. The van der Waals surface area contributed by atoms with Gasteiger partial charge in [0.2, 0.25) is 0 Å². The van der Waals surface area contributed by atoms with Gasteiger partial charge in [-0.25, -0.2) is 0 Å². The molecule has 166 valence electrons. The van der Waals surface area contributed by atoms with Crippen LogP contribution in [0.25, 0.3) is 0 Å². The monoisotopic (exact) mass is 408 g/mol. The molecule has 4 unspecified atom stereocenters. The number of hydrogen-bond donors (Lipinski definition) is 0. The van der Waals surface area contributed by atoms with Crippen LogP contribution in [0.5, 0.6) is 0 Å². The van der Waals surface area contributed by atoms with Crippen molar-refractivity contribution in [2.24, 2.45) is 28.6 Å². The highest BCUT2D eigenvalue weighted by atomic mass is 16.1. The molecule has 0 bridgehead atoms. The molecule has 0 aromatic heterocycles. The van der Waals surface area contributed by atoms with Gasteiger partial charge in [0.25, 0.3) is 0 Å². The molecule has 0 aliphatic heterocycles. The van der Waals surface area contributed by atoms with Gasteiger partial charge < -0.3 is 0 Å². The van der Waals surface area contributed by atoms with Crippen molar-refractivity contribution in [2.45, 2.75) is 99.8 Å².